The molecule has 7 heteroatoms. The minimum absolute atomic E-state index is 0.0362. The van der Waals surface area contributed by atoms with Gasteiger partial charge in [0.1, 0.15) is 22.8 Å². The van der Waals surface area contributed by atoms with Crippen molar-refractivity contribution in [2.75, 3.05) is 7.11 Å². The molecule has 1 aliphatic carbocycles. The molecule has 0 unspecified atom stereocenters. The van der Waals surface area contributed by atoms with Crippen LogP contribution in [0.15, 0.2) is 18.2 Å². The molecular formula is C17H12O7. The molecule has 0 amide bonds. The Morgan fingerprint density at radius 1 is 1.00 bits per heavy atom. The van der Waals surface area contributed by atoms with Gasteiger partial charge in [-0.05, 0) is 24.6 Å². The Morgan fingerprint density at radius 2 is 1.62 bits per heavy atom. The summed E-state index contributed by atoms with van der Waals surface area (Å²) in [6.45, 7) is 1.42. The van der Waals surface area contributed by atoms with E-state index < -0.39 is 28.8 Å². The average Bonchev–Trinajstić information content (AvgIpc) is 2.50. The van der Waals surface area contributed by atoms with E-state index in [1.165, 1.54) is 26.2 Å². The largest absolute Gasteiger partial charge is 0.508 e. The summed E-state index contributed by atoms with van der Waals surface area (Å²) in [4.78, 5) is 36.8. The van der Waals surface area contributed by atoms with Gasteiger partial charge in [-0.15, -0.1) is 0 Å². The van der Waals surface area contributed by atoms with Gasteiger partial charge in [-0.25, -0.2) is 4.79 Å². The molecule has 122 valence electrons. The zero-order valence-electron chi connectivity index (χ0n) is 12.7. The Morgan fingerprint density at radius 3 is 2.21 bits per heavy atom. The van der Waals surface area contributed by atoms with Gasteiger partial charge in [0.25, 0.3) is 0 Å². The quantitative estimate of drug-likeness (QED) is 0.656. The van der Waals surface area contributed by atoms with Crippen molar-refractivity contribution in [2.24, 2.45) is 0 Å². The molecule has 0 radical (unpaired) electrons. The molecule has 0 heterocycles. The molecule has 0 saturated carbocycles. The lowest BCUT2D eigenvalue weighted by Crippen LogP contribution is -2.23. The van der Waals surface area contributed by atoms with Crippen LogP contribution in [0.3, 0.4) is 0 Å². The van der Waals surface area contributed by atoms with Crippen LogP contribution in [0.25, 0.3) is 0 Å². The van der Waals surface area contributed by atoms with E-state index in [1.807, 2.05) is 0 Å². The van der Waals surface area contributed by atoms with Gasteiger partial charge < -0.3 is 20.1 Å². The first kappa shape index (κ1) is 15.5. The van der Waals surface area contributed by atoms with E-state index in [4.69, 9.17) is 4.74 Å². The maximum Gasteiger partial charge on any atom is 0.339 e. The van der Waals surface area contributed by atoms with Crippen LogP contribution in [0, 0.1) is 6.92 Å². The Kier molecular flexibility index (Phi) is 3.30. The van der Waals surface area contributed by atoms with Crippen LogP contribution in [-0.2, 0) is 0 Å². The minimum atomic E-state index is -1.41. The van der Waals surface area contributed by atoms with Gasteiger partial charge in [-0.1, -0.05) is 0 Å². The third kappa shape index (κ3) is 1.95. The molecule has 0 aromatic heterocycles. The van der Waals surface area contributed by atoms with E-state index in [1.54, 1.807) is 0 Å². The third-order valence-corrected chi connectivity index (χ3v) is 3.96. The summed E-state index contributed by atoms with van der Waals surface area (Å²) in [5.74, 6) is -3.79. The molecule has 2 aromatic rings. The number of benzene rings is 2. The zero-order chi connectivity index (χ0) is 17.8. The number of phenolic OH excluding ortho intramolecular Hbond substituents is 1. The fraction of sp³-hybridized carbons (Fsp3) is 0.118. The molecule has 2 aromatic carbocycles. The number of carboxylic acids is 1. The molecule has 0 atom stereocenters. The lowest BCUT2D eigenvalue weighted by molar-refractivity contribution is 0.0692. The number of fused-ring (bicyclic) bond motifs is 2. The highest BCUT2D eigenvalue weighted by Crippen LogP contribution is 2.41. The Labute approximate surface area is 135 Å². The molecule has 0 saturated heterocycles. The number of rotatable bonds is 2. The van der Waals surface area contributed by atoms with Crippen molar-refractivity contribution in [3.63, 3.8) is 0 Å². The summed E-state index contributed by atoms with van der Waals surface area (Å²) in [6.07, 6.45) is 0. The summed E-state index contributed by atoms with van der Waals surface area (Å²) < 4.78 is 5.04. The predicted molar refractivity (Wildman–Crippen MR) is 81.3 cm³/mol. The minimum Gasteiger partial charge on any atom is -0.508 e. The molecule has 7 nitrogen and oxygen atoms in total. The predicted octanol–water partition coefficient (Wildman–Crippen LogP) is 1.89. The standard InChI is InChI=1S/C17H12O7/c1-6-3-8-13(15(20)11(6)17(22)23)16(21)12-9(14(8)19)4-7(18)5-10(12)24-2/h3-5,18,20H,1-2H3,(H,22,23). The number of ketones is 2. The van der Waals surface area contributed by atoms with Gasteiger partial charge in [0, 0.05) is 17.2 Å². The summed E-state index contributed by atoms with van der Waals surface area (Å²) in [5.41, 5.74) is -0.958. The van der Waals surface area contributed by atoms with E-state index in [-0.39, 0.29) is 39.3 Å². The summed E-state index contributed by atoms with van der Waals surface area (Å²) >= 11 is 0. The van der Waals surface area contributed by atoms with Crippen LogP contribution >= 0.6 is 0 Å². The van der Waals surface area contributed by atoms with Crippen molar-refractivity contribution >= 4 is 17.5 Å². The van der Waals surface area contributed by atoms with Crippen molar-refractivity contribution in [3.8, 4) is 17.2 Å². The number of carbonyl (C=O) groups is 3. The topological polar surface area (TPSA) is 121 Å². The first-order chi connectivity index (χ1) is 11.3. The monoisotopic (exact) mass is 328 g/mol. The smallest absolute Gasteiger partial charge is 0.339 e. The van der Waals surface area contributed by atoms with Crippen molar-refractivity contribution < 1.29 is 34.4 Å². The number of carboxylic acid groups (broad SMARTS) is 1. The molecule has 3 N–H and O–H groups in total. The van der Waals surface area contributed by atoms with E-state index >= 15 is 0 Å². The van der Waals surface area contributed by atoms with Crippen LogP contribution in [0.4, 0.5) is 0 Å². The number of hydrogen-bond acceptors (Lipinski definition) is 6. The van der Waals surface area contributed by atoms with E-state index in [0.29, 0.717) is 0 Å². The lowest BCUT2D eigenvalue weighted by atomic mass is 9.81. The fourth-order valence-corrected chi connectivity index (χ4v) is 2.92. The normalized spacial score (nSPS) is 12.6. The van der Waals surface area contributed by atoms with Crippen LogP contribution in [0.1, 0.15) is 47.8 Å². The Hall–Kier alpha value is -3.35. The Bertz CT molecular complexity index is 941. The highest BCUT2D eigenvalue weighted by Gasteiger charge is 2.37. The number of aromatic hydroxyl groups is 2. The highest BCUT2D eigenvalue weighted by molar-refractivity contribution is 6.31. The average molecular weight is 328 g/mol. The molecule has 0 bridgehead atoms. The second kappa shape index (κ2) is 5.09. The SMILES string of the molecule is COc1cc(O)cc2c1C(=O)c1c(cc(C)c(C(=O)O)c1O)C2=O. The number of methoxy groups -OCH3 is 1. The first-order valence-corrected chi connectivity index (χ1v) is 6.88. The summed E-state index contributed by atoms with van der Waals surface area (Å²) in [5, 5.41) is 29.2. The second-order valence-corrected chi connectivity index (χ2v) is 5.37. The van der Waals surface area contributed by atoms with Gasteiger partial charge in [0.05, 0.1) is 18.2 Å². The fourth-order valence-electron chi connectivity index (χ4n) is 2.92. The number of aromatic carboxylic acids is 1. The maximum atomic E-state index is 12.8. The summed E-state index contributed by atoms with van der Waals surface area (Å²) in [6, 6.07) is 3.55. The highest BCUT2D eigenvalue weighted by atomic mass is 16.5. The molecule has 24 heavy (non-hydrogen) atoms. The molecule has 1 aliphatic rings. The molecule has 3 rings (SSSR count). The number of ether oxygens (including phenoxy) is 1. The van der Waals surface area contributed by atoms with Crippen molar-refractivity contribution in [1.29, 1.82) is 0 Å². The van der Waals surface area contributed by atoms with Crippen molar-refractivity contribution in [2.45, 2.75) is 6.92 Å². The van der Waals surface area contributed by atoms with Crippen LogP contribution in [-0.4, -0.2) is 40.0 Å². The number of aryl methyl sites for hydroxylation is 1. The maximum absolute atomic E-state index is 12.8. The van der Waals surface area contributed by atoms with Gasteiger partial charge in [-0.3, -0.25) is 9.59 Å². The van der Waals surface area contributed by atoms with Gasteiger partial charge in [-0.2, -0.15) is 0 Å². The van der Waals surface area contributed by atoms with Crippen LogP contribution in [0.5, 0.6) is 17.2 Å². The lowest BCUT2D eigenvalue weighted by Gasteiger charge is -2.22. The molecule has 0 spiro atoms. The van der Waals surface area contributed by atoms with E-state index in [2.05, 4.69) is 0 Å². The zero-order valence-corrected chi connectivity index (χ0v) is 12.7. The Balaban J connectivity index is 2.40. The van der Waals surface area contributed by atoms with Crippen LogP contribution < -0.4 is 4.74 Å². The molecule has 0 aliphatic heterocycles. The molecule has 0 fully saturated rings. The third-order valence-electron chi connectivity index (χ3n) is 3.96. The van der Waals surface area contributed by atoms with Gasteiger partial charge in [0.15, 0.2) is 5.78 Å². The first-order valence-electron chi connectivity index (χ1n) is 6.88. The van der Waals surface area contributed by atoms with E-state index in [0.717, 1.165) is 6.07 Å². The van der Waals surface area contributed by atoms with E-state index in [9.17, 15) is 29.7 Å². The van der Waals surface area contributed by atoms with Crippen LogP contribution in [0.2, 0.25) is 0 Å². The molecular weight excluding hydrogens is 316 g/mol. The van der Waals surface area contributed by atoms with Crippen molar-refractivity contribution in [3.05, 3.63) is 51.6 Å². The summed E-state index contributed by atoms with van der Waals surface area (Å²) in [7, 11) is 1.26. The van der Waals surface area contributed by atoms with Gasteiger partial charge >= 0.3 is 5.97 Å². The second-order valence-electron chi connectivity index (χ2n) is 5.37. The van der Waals surface area contributed by atoms with Crippen molar-refractivity contribution in [1.82, 2.24) is 0 Å². The number of hydrogen-bond donors (Lipinski definition) is 3. The van der Waals surface area contributed by atoms with Gasteiger partial charge in [0.2, 0.25) is 5.78 Å². The number of carbonyl (C=O) groups excluding carboxylic acids is 2. The number of phenols is 2.